The van der Waals surface area contributed by atoms with Crippen molar-refractivity contribution in [3.05, 3.63) is 33.8 Å². The largest absolute Gasteiger partial charge is 0.314 e. The molecule has 2 nitrogen and oxygen atoms in total. The van der Waals surface area contributed by atoms with Gasteiger partial charge in [0.05, 0.1) is 0 Å². The van der Waals surface area contributed by atoms with E-state index in [9.17, 15) is 0 Å². The first-order valence-electron chi connectivity index (χ1n) is 7.60. The van der Waals surface area contributed by atoms with Gasteiger partial charge in [-0.05, 0) is 68.9 Å². The minimum Gasteiger partial charge on any atom is -0.314 e. The third-order valence-corrected chi connectivity index (χ3v) is 4.98. The van der Waals surface area contributed by atoms with Gasteiger partial charge in [-0.25, -0.2) is 0 Å². The summed E-state index contributed by atoms with van der Waals surface area (Å²) >= 11 is 12.2. The first-order valence-corrected chi connectivity index (χ1v) is 8.36. The van der Waals surface area contributed by atoms with E-state index in [1.807, 2.05) is 18.2 Å². The second kappa shape index (κ2) is 6.65. The zero-order valence-electron chi connectivity index (χ0n) is 11.7. The maximum absolute atomic E-state index is 6.25. The molecule has 1 aromatic rings. The summed E-state index contributed by atoms with van der Waals surface area (Å²) in [6, 6.07) is 6.52. The molecule has 1 aliphatic carbocycles. The van der Waals surface area contributed by atoms with Crippen molar-refractivity contribution in [3.8, 4) is 0 Å². The Bertz CT molecular complexity index is 452. The third kappa shape index (κ3) is 4.11. The van der Waals surface area contributed by atoms with Crippen molar-refractivity contribution in [1.82, 2.24) is 10.2 Å². The van der Waals surface area contributed by atoms with Crippen molar-refractivity contribution >= 4 is 23.2 Å². The smallest absolute Gasteiger partial charge is 0.0465 e. The van der Waals surface area contributed by atoms with Crippen LogP contribution in [0.5, 0.6) is 0 Å². The monoisotopic (exact) mass is 312 g/mol. The number of hydrogen-bond donors (Lipinski definition) is 1. The number of rotatable bonds is 5. The number of piperidine rings is 1. The molecule has 0 spiro atoms. The van der Waals surface area contributed by atoms with Crippen LogP contribution in [-0.4, -0.2) is 30.6 Å². The molecule has 0 atom stereocenters. The lowest BCUT2D eigenvalue weighted by atomic mass is 10.0. The van der Waals surface area contributed by atoms with Crippen LogP contribution < -0.4 is 5.32 Å². The summed E-state index contributed by atoms with van der Waals surface area (Å²) in [6.45, 7) is 4.47. The van der Waals surface area contributed by atoms with E-state index in [0.29, 0.717) is 11.1 Å². The van der Waals surface area contributed by atoms with Gasteiger partial charge in [0.1, 0.15) is 0 Å². The summed E-state index contributed by atoms with van der Waals surface area (Å²) < 4.78 is 0. The Morgan fingerprint density at radius 1 is 1.10 bits per heavy atom. The highest BCUT2D eigenvalue weighted by Crippen LogP contribution is 2.28. The van der Waals surface area contributed by atoms with E-state index in [-0.39, 0.29) is 0 Å². The van der Waals surface area contributed by atoms with Crippen molar-refractivity contribution in [3.63, 3.8) is 0 Å². The van der Waals surface area contributed by atoms with Crippen LogP contribution >= 0.6 is 23.2 Å². The zero-order chi connectivity index (χ0) is 13.9. The maximum Gasteiger partial charge on any atom is 0.0465 e. The van der Waals surface area contributed by atoms with Gasteiger partial charge in [-0.1, -0.05) is 29.3 Å². The van der Waals surface area contributed by atoms with Gasteiger partial charge in [-0.15, -0.1) is 0 Å². The van der Waals surface area contributed by atoms with E-state index in [4.69, 9.17) is 23.2 Å². The molecule has 110 valence electrons. The quantitative estimate of drug-likeness (QED) is 0.885. The summed E-state index contributed by atoms with van der Waals surface area (Å²) in [6.07, 6.45) is 5.36. The minimum absolute atomic E-state index is 0.710. The molecule has 3 rings (SSSR count). The molecule has 1 N–H and O–H groups in total. The van der Waals surface area contributed by atoms with Crippen molar-refractivity contribution in [1.29, 1.82) is 0 Å². The maximum atomic E-state index is 6.25. The average molecular weight is 313 g/mol. The number of hydrogen-bond acceptors (Lipinski definition) is 2. The standard InChI is InChI=1S/C16H22Cl2N2/c17-14-4-3-13(16(18)9-14)11-20-7-5-15(6-8-20)19-10-12-1-2-12/h3-4,9,12,15,19H,1-2,5-8,10-11H2. The number of benzene rings is 1. The van der Waals surface area contributed by atoms with Crippen LogP contribution in [0.3, 0.4) is 0 Å². The van der Waals surface area contributed by atoms with E-state index >= 15 is 0 Å². The Hall–Kier alpha value is -0.280. The molecular formula is C16H22Cl2N2. The van der Waals surface area contributed by atoms with Gasteiger partial charge in [0.15, 0.2) is 0 Å². The van der Waals surface area contributed by atoms with Gasteiger partial charge in [-0.3, -0.25) is 4.90 Å². The van der Waals surface area contributed by atoms with E-state index in [1.165, 1.54) is 37.8 Å². The Morgan fingerprint density at radius 3 is 2.50 bits per heavy atom. The van der Waals surface area contributed by atoms with E-state index in [1.54, 1.807) is 0 Å². The Labute approximate surface area is 131 Å². The summed E-state index contributed by atoms with van der Waals surface area (Å²) in [5.74, 6) is 0.973. The Kier molecular flexibility index (Phi) is 4.87. The molecule has 1 aromatic carbocycles. The van der Waals surface area contributed by atoms with Crippen LogP contribution in [0, 0.1) is 5.92 Å². The van der Waals surface area contributed by atoms with Crippen LogP contribution in [0.1, 0.15) is 31.2 Å². The van der Waals surface area contributed by atoms with Crippen LogP contribution in [-0.2, 0) is 6.54 Å². The number of halogens is 2. The fourth-order valence-electron chi connectivity index (χ4n) is 2.84. The van der Waals surface area contributed by atoms with Gasteiger partial charge in [-0.2, -0.15) is 0 Å². The molecule has 0 aromatic heterocycles. The van der Waals surface area contributed by atoms with Gasteiger partial charge in [0.25, 0.3) is 0 Å². The highest BCUT2D eigenvalue weighted by atomic mass is 35.5. The lowest BCUT2D eigenvalue weighted by molar-refractivity contribution is 0.190. The second-order valence-corrected chi connectivity index (χ2v) is 6.98. The number of nitrogens with one attached hydrogen (secondary N) is 1. The lowest BCUT2D eigenvalue weighted by Crippen LogP contribution is -2.42. The molecule has 2 fully saturated rings. The normalized spacial score (nSPS) is 21.3. The second-order valence-electron chi connectivity index (χ2n) is 6.14. The molecule has 1 saturated heterocycles. The highest BCUT2D eigenvalue weighted by molar-refractivity contribution is 6.35. The fraction of sp³-hybridized carbons (Fsp3) is 0.625. The zero-order valence-corrected chi connectivity index (χ0v) is 13.3. The summed E-state index contributed by atoms with van der Waals surface area (Å²) in [5, 5.41) is 5.21. The topological polar surface area (TPSA) is 15.3 Å². The molecule has 0 unspecified atom stereocenters. The van der Waals surface area contributed by atoms with Crippen LogP contribution in [0.15, 0.2) is 18.2 Å². The van der Waals surface area contributed by atoms with Crippen molar-refractivity contribution in [2.24, 2.45) is 5.92 Å². The van der Waals surface area contributed by atoms with Crippen molar-refractivity contribution < 1.29 is 0 Å². The molecule has 1 aliphatic heterocycles. The molecule has 4 heteroatoms. The molecule has 1 saturated carbocycles. The van der Waals surface area contributed by atoms with Crippen LogP contribution in [0.2, 0.25) is 10.0 Å². The van der Waals surface area contributed by atoms with E-state index < -0.39 is 0 Å². The Morgan fingerprint density at radius 2 is 1.85 bits per heavy atom. The van der Waals surface area contributed by atoms with Crippen LogP contribution in [0.25, 0.3) is 0 Å². The lowest BCUT2D eigenvalue weighted by Gasteiger charge is -2.32. The molecule has 20 heavy (non-hydrogen) atoms. The minimum atomic E-state index is 0.710. The average Bonchev–Trinajstić information content (AvgIpc) is 3.25. The first kappa shape index (κ1) is 14.6. The van der Waals surface area contributed by atoms with Crippen molar-refractivity contribution in [2.45, 2.75) is 38.3 Å². The molecule has 0 amide bonds. The SMILES string of the molecule is Clc1ccc(CN2CCC(NCC3CC3)CC2)c(Cl)c1. The fourth-order valence-corrected chi connectivity index (χ4v) is 3.31. The van der Waals surface area contributed by atoms with Gasteiger partial charge < -0.3 is 5.32 Å². The van der Waals surface area contributed by atoms with Crippen LogP contribution in [0.4, 0.5) is 0 Å². The summed E-state index contributed by atoms with van der Waals surface area (Å²) in [4.78, 5) is 2.49. The Balaban J connectivity index is 1.45. The summed E-state index contributed by atoms with van der Waals surface area (Å²) in [5.41, 5.74) is 1.18. The van der Waals surface area contributed by atoms with Gasteiger partial charge in [0.2, 0.25) is 0 Å². The van der Waals surface area contributed by atoms with Crippen molar-refractivity contribution in [2.75, 3.05) is 19.6 Å². The molecule has 2 aliphatic rings. The predicted octanol–water partition coefficient (Wildman–Crippen LogP) is 3.96. The predicted molar refractivity (Wildman–Crippen MR) is 85.5 cm³/mol. The van der Waals surface area contributed by atoms with E-state index in [2.05, 4.69) is 10.2 Å². The molecular weight excluding hydrogens is 291 g/mol. The number of nitrogens with zero attached hydrogens (tertiary/aromatic N) is 1. The third-order valence-electron chi connectivity index (χ3n) is 4.39. The molecule has 0 bridgehead atoms. The molecule has 0 radical (unpaired) electrons. The summed E-state index contributed by atoms with van der Waals surface area (Å²) in [7, 11) is 0. The van der Waals surface area contributed by atoms with Gasteiger partial charge in [0, 0.05) is 22.6 Å². The van der Waals surface area contributed by atoms with E-state index in [0.717, 1.165) is 30.6 Å². The first-order chi connectivity index (χ1) is 9.70. The van der Waals surface area contributed by atoms with Gasteiger partial charge >= 0.3 is 0 Å². The molecule has 1 heterocycles. The number of likely N-dealkylation sites (tertiary alicyclic amines) is 1. The highest BCUT2D eigenvalue weighted by Gasteiger charge is 2.24.